The van der Waals surface area contributed by atoms with Crippen molar-refractivity contribution in [1.82, 2.24) is 5.32 Å². The Bertz CT molecular complexity index is 626. The first kappa shape index (κ1) is 15.1. The fourth-order valence-corrected chi connectivity index (χ4v) is 3.11. The molecule has 3 heteroatoms. The Balaban J connectivity index is 1.68. The quantitative estimate of drug-likeness (QED) is 0.808. The minimum absolute atomic E-state index is 0.297. The maximum atomic E-state index is 10.4. The third-order valence-electron chi connectivity index (χ3n) is 4.31. The molecule has 0 amide bonds. The standard InChI is InChI=1S/C19H24N2O/c1-14-6-4-7-15(12-14)19(22)13-21-18-10-5-11-20-17-9-3-2-8-16(17)18/h2-4,6-9,12,18-22H,5,10-11,13H2,1H3/t18-,19-/m0/s1. The smallest absolute Gasteiger partial charge is 0.0914 e. The molecule has 2 aromatic rings. The Hall–Kier alpha value is -1.84. The number of para-hydroxylation sites is 1. The Kier molecular flexibility index (Phi) is 4.76. The molecule has 3 N–H and O–H groups in total. The van der Waals surface area contributed by atoms with Gasteiger partial charge in [0.2, 0.25) is 0 Å². The molecule has 3 rings (SSSR count). The molecule has 1 aliphatic rings. The average Bonchev–Trinajstić information content (AvgIpc) is 2.75. The molecule has 1 heterocycles. The number of fused-ring (bicyclic) bond motifs is 1. The van der Waals surface area contributed by atoms with Crippen LogP contribution < -0.4 is 10.6 Å². The van der Waals surface area contributed by atoms with E-state index >= 15 is 0 Å². The number of nitrogens with one attached hydrogen (secondary N) is 2. The van der Waals surface area contributed by atoms with Crippen LogP contribution in [0.1, 0.15) is 41.7 Å². The van der Waals surface area contributed by atoms with Crippen molar-refractivity contribution in [2.75, 3.05) is 18.4 Å². The molecule has 1 aliphatic heterocycles. The molecule has 22 heavy (non-hydrogen) atoms. The van der Waals surface area contributed by atoms with Crippen molar-refractivity contribution in [2.24, 2.45) is 0 Å². The lowest BCUT2D eigenvalue weighted by molar-refractivity contribution is 0.169. The summed E-state index contributed by atoms with van der Waals surface area (Å²) in [6.07, 6.45) is 1.75. The molecule has 0 radical (unpaired) electrons. The van der Waals surface area contributed by atoms with Crippen molar-refractivity contribution in [1.29, 1.82) is 0 Å². The molecule has 0 unspecified atom stereocenters. The summed E-state index contributed by atoms with van der Waals surface area (Å²) < 4.78 is 0. The first-order chi connectivity index (χ1) is 10.7. The monoisotopic (exact) mass is 296 g/mol. The highest BCUT2D eigenvalue weighted by Gasteiger charge is 2.19. The minimum Gasteiger partial charge on any atom is -0.387 e. The number of aliphatic hydroxyl groups excluding tert-OH is 1. The van der Waals surface area contributed by atoms with Crippen LogP contribution in [0.25, 0.3) is 0 Å². The number of aliphatic hydroxyl groups is 1. The summed E-state index contributed by atoms with van der Waals surface area (Å²) in [5.41, 5.74) is 4.67. The highest BCUT2D eigenvalue weighted by molar-refractivity contribution is 5.53. The molecule has 0 spiro atoms. The Labute approximate surface area is 132 Å². The Morgan fingerprint density at radius 1 is 1.23 bits per heavy atom. The molecule has 0 fully saturated rings. The lowest BCUT2D eigenvalue weighted by atomic mass is 10.0. The van der Waals surface area contributed by atoms with Crippen molar-refractivity contribution in [2.45, 2.75) is 31.9 Å². The van der Waals surface area contributed by atoms with Crippen LogP contribution in [-0.2, 0) is 0 Å². The van der Waals surface area contributed by atoms with E-state index in [1.54, 1.807) is 0 Å². The van der Waals surface area contributed by atoms with Crippen LogP contribution in [0, 0.1) is 6.92 Å². The summed E-state index contributed by atoms with van der Waals surface area (Å²) in [6.45, 7) is 3.63. The fraction of sp³-hybridized carbons (Fsp3) is 0.368. The van der Waals surface area contributed by atoms with Crippen molar-refractivity contribution in [3.8, 4) is 0 Å². The van der Waals surface area contributed by atoms with E-state index in [9.17, 15) is 5.11 Å². The van der Waals surface area contributed by atoms with Crippen LogP contribution in [0.3, 0.4) is 0 Å². The highest BCUT2D eigenvalue weighted by Crippen LogP contribution is 2.29. The Morgan fingerprint density at radius 3 is 2.95 bits per heavy atom. The van der Waals surface area contributed by atoms with Crippen LogP contribution in [0.4, 0.5) is 5.69 Å². The SMILES string of the molecule is Cc1cccc([C@@H](O)CN[C@H]2CCCNc3ccccc32)c1. The number of hydrogen-bond acceptors (Lipinski definition) is 3. The number of rotatable bonds is 4. The summed E-state index contributed by atoms with van der Waals surface area (Å²) in [6, 6.07) is 16.8. The van der Waals surface area contributed by atoms with Crippen LogP contribution >= 0.6 is 0 Å². The van der Waals surface area contributed by atoms with Gasteiger partial charge < -0.3 is 15.7 Å². The Morgan fingerprint density at radius 2 is 2.09 bits per heavy atom. The van der Waals surface area contributed by atoms with Crippen LogP contribution in [-0.4, -0.2) is 18.2 Å². The van der Waals surface area contributed by atoms with E-state index in [1.165, 1.54) is 16.8 Å². The average molecular weight is 296 g/mol. The van der Waals surface area contributed by atoms with Gasteiger partial charge in [-0.05, 0) is 37.0 Å². The van der Waals surface area contributed by atoms with Crippen LogP contribution in [0.15, 0.2) is 48.5 Å². The normalized spacial score (nSPS) is 18.9. The summed E-state index contributed by atoms with van der Waals surface area (Å²) >= 11 is 0. The molecular weight excluding hydrogens is 272 g/mol. The van der Waals surface area contributed by atoms with Gasteiger partial charge in [-0.2, -0.15) is 0 Å². The molecule has 2 aromatic carbocycles. The maximum Gasteiger partial charge on any atom is 0.0914 e. The van der Waals surface area contributed by atoms with Gasteiger partial charge in [-0.25, -0.2) is 0 Å². The largest absolute Gasteiger partial charge is 0.387 e. The lowest BCUT2D eigenvalue weighted by Gasteiger charge is -2.21. The molecule has 116 valence electrons. The number of hydrogen-bond donors (Lipinski definition) is 3. The summed E-state index contributed by atoms with van der Waals surface area (Å²) in [7, 11) is 0. The third kappa shape index (κ3) is 3.49. The summed E-state index contributed by atoms with van der Waals surface area (Å²) in [5.74, 6) is 0. The summed E-state index contributed by atoms with van der Waals surface area (Å²) in [4.78, 5) is 0. The summed E-state index contributed by atoms with van der Waals surface area (Å²) in [5, 5.41) is 17.4. The third-order valence-corrected chi connectivity index (χ3v) is 4.31. The van der Waals surface area contributed by atoms with E-state index in [0.29, 0.717) is 12.6 Å². The molecule has 0 bridgehead atoms. The zero-order valence-electron chi connectivity index (χ0n) is 13.0. The number of aryl methyl sites for hydroxylation is 1. The molecule has 2 atom stereocenters. The first-order valence-corrected chi connectivity index (χ1v) is 8.05. The van der Waals surface area contributed by atoms with Crippen LogP contribution in [0.5, 0.6) is 0 Å². The molecule has 0 aliphatic carbocycles. The lowest BCUT2D eigenvalue weighted by Crippen LogP contribution is -2.26. The predicted octanol–water partition coefficient (Wildman–Crippen LogP) is 3.57. The minimum atomic E-state index is -0.469. The van der Waals surface area contributed by atoms with Gasteiger partial charge in [-0.1, -0.05) is 48.0 Å². The van der Waals surface area contributed by atoms with Crippen molar-refractivity contribution in [3.63, 3.8) is 0 Å². The van der Waals surface area contributed by atoms with Gasteiger partial charge in [0.25, 0.3) is 0 Å². The zero-order valence-corrected chi connectivity index (χ0v) is 13.0. The molecule has 0 saturated carbocycles. The van der Waals surface area contributed by atoms with E-state index in [4.69, 9.17) is 0 Å². The maximum absolute atomic E-state index is 10.4. The van der Waals surface area contributed by atoms with Gasteiger partial charge in [-0.15, -0.1) is 0 Å². The van der Waals surface area contributed by atoms with Gasteiger partial charge in [0.1, 0.15) is 0 Å². The zero-order chi connectivity index (χ0) is 15.4. The van der Waals surface area contributed by atoms with E-state index in [-0.39, 0.29) is 0 Å². The fourth-order valence-electron chi connectivity index (χ4n) is 3.11. The van der Waals surface area contributed by atoms with Gasteiger partial charge in [-0.3, -0.25) is 0 Å². The van der Waals surface area contributed by atoms with E-state index in [1.807, 2.05) is 12.1 Å². The van der Waals surface area contributed by atoms with Crippen molar-refractivity contribution >= 4 is 5.69 Å². The van der Waals surface area contributed by atoms with E-state index < -0.39 is 6.10 Å². The van der Waals surface area contributed by atoms with E-state index in [0.717, 1.165) is 24.9 Å². The van der Waals surface area contributed by atoms with Crippen molar-refractivity contribution < 1.29 is 5.11 Å². The molecule has 0 saturated heterocycles. The van der Waals surface area contributed by atoms with Gasteiger partial charge in [0, 0.05) is 24.8 Å². The topological polar surface area (TPSA) is 44.3 Å². The second-order valence-corrected chi connectivity index (χ2v) is 6.05. The first-order valence-electron chi connectivity index (χ1n) is 8.05. The van der Waals surface area contributed by atoms with Gasteiger partial charge >= 0.3 is 0 Å². The number of anilines is 1. The second-order valence-electron chi connectivity index (χ2n) is 6.05. The van der Waals surface area contributed by atoms with Gasteiger partial charge in [0.05, 0.1) is 6.10 Å². The second kappa shape index (κ2) is 6.95. The van der Waals surface area contributed by atoms with Gasteiger partial charge in [0.15, 0.2) is 0 Å². The molecule has 0 aromatic heterocycles. The van der Waals surface area contributed by atoms with Crippen molar-refractivity contribution in [3.05, 3.63) is 65.2 Å². The molecular formula is C19H24N2O. The predicted molar refractivity (Wildman–Crippen MR) is 91.0 cm³/mol. The highest BCUT2D eigenvalue weighted by atomic mass is 16.3. The number of benzene rings is 2. The van der Waals surface area contributed by atoms with E-state index in [2.05, 4.69) is 54.0 Å². The van der Waals surface area contributed by atoms with Crippen LogP contribution in [0.2, 0.25) is 0 Å². The molecule has 3 nitrogen and oxygen atoms in total.